The highest BCUT2D eigenvalue weighted by Gasteiger charge is 2.30. The van der Waals surface area contributed by atoms with Crippen molar-refractivity contribution in [3.05, 3.63) is 0 Å². The minimum atomic E-state index is -0.569. The molecule has 0 radical (unpaired) electrons. The zero-order valence-corrected chi connectivity index (χ0v) is 17.3. The van der Waals surface area contributed by atoms with Crippen LogP contribution in [0.5, 0.6) is 0 Å². The number of aliphatic hydroxyl groups is 1. The molecule has 1 saturated heterocycles. The molecule has 6 nitrogen and oxygen atoms in total. The largest absolute Gasteiger partial charge is 0.378 e. The van der Waals surface area contributed by atoms with E-state index < -0.39 is 6.23 Å². The van der Waals surface area contributed by atoms with Gasteiger partial charge in [-0.2, -0.15) is 36.2 Å². The summed E-state index contributed by atoms with van der Waals surface area (Å²) in [4.78, 5) is 23.6. The average molecular weight is 410 g/mol. The number of carbonyl (C=O) groups excluding carboxylic acids is 2. The number of primary amides is 1. The number of thiol groups is 1. The predicted octanol–water partition coefficient (Wildman–Crippen LogP) is 0.554. The van der Waals surface area contributed by atoms with E-state index in [2.05, 4.69) is 30.2 Å². The number of hydrogen-bond donors (Lipinski definition) is 5. The Morgan fingerprint density at radius 3 is 2.72 bits per heavy atom. The molecule has 0 aromatic carbocycles. The molecule has 2 amide bonds. The Kier molecular flexibility index (Phi) is 12.1. The quantitative estimate of drug-likeness (QED) is 0.436. The molecule has 0 bridgehead atoms. The molecule has 4 unspecified atom stereocenters. The maximum absolute atomic E-state index is 11.8. The smallest absolute Gasteiger partial charge is 0.229 e. The number of amides is 2. The van der Waals surface area contributed by atoms with Crippen molar-refractivity contribution in [1.82, 2.24) is 10.6 Å². The molecule has 0 aromatic rings. The molecule has 5 N–H and O–H groups in total. The van der Waals surface area contributed by atoms with E-state index in [1.807, 2.05) is 0 Å². The van der Waals surface area contributed by atoms with E-state index in [-0.39, 0.29) is 29.6 Å². The van der Waals surface area contributed by atoms with E-state index in [1.165, 1.54) is 0 Å². The monoisotopic (exact) mass is 409 g/mol. The molecular formula is C16H31N3O3S3. The van der Waals surface area contributed by atoms with E-state index in [0.29, 0.717) is 30.3 Å². The molecule has 1 aliphatic heterocycles. The van der Waals surface area contributed by atoms with Crippen molar-refractivity contribution in [3.8, 4) is 0 Å². The Bertz CT molecular complexity index is 415. The summed E-state index contributed by atoms with van der Waals surface area (Å²) in [5.74, 6) is 2.67. The van der Waals surface area contributed by atoms with Gasteiger partial charge in [-0.1, -0.05) is 6.92 Å². The van der Waals surface area contributed by atoms with Crippen LogP contribution in [0.3, 0.4) is 0 Å². The van der Waals surface area contributed by atoms with E-state index >= 15 is 0 Å². The summed E-state index contributed by atoms with van der Waals surface area (Å²) in [7, 11) is 0. The SMILES string of the molecule is CC1CSCC(=O)NCCCCNC(O)CSCC1C(CS)C(N)=O. The van der Waals surface area contributed by atoms with Gasteiger partial charge >= 0.3 is 0 Å². The number of hydrogen-bond acceptors (Lipinski definition) is 7. The number of thioether (sulfide) groups is 2. The van der Waals surface area contributed by atoms with Crippen molar-refractivity contribution >= 4 is 48.0 Å². The lowest BCUT2D eigenvalue weighted by atomic mass is 9.85. The summed E-state index contributed by atoms with van der Waals surface area (Å²) in [6.07, 6.45) is 1.23. The molecule has 1 rings (SSSR count). The molecule has 1 fully saturated rings. The van der Waals surface area contributed by atoms with Gasteiger partial charge in [0.2, 0.25) is 11.8 Å². The van der Waals surface area contributed by atoms with Crippen LogP contribution in [0.2, 0.25) is 0 Å². The van der Waals surface area contributed by atoms with Gasteiger partial charge in [0.05, 0.1) is 11.7 Å². The highest BCUT2D eigenvalue weighted by Crippen LogP contribution is 2.29. The second-order valence-electron chi connectivity index (χ2n) is 6.41. The Morgan fingerprint density at radius 2 is 2.04 bits per heavy atom. The van der Waals surface area contributed by atoms with Gasteiger partial charge in [-0.25, -0.2) is 0 Å². The van der Waals surface area contributed by atoms with Crippen LogP contribution < -0.4 is 16.4 Å². The van der Waals surface area contributed by atoms with Crippen molar-refractivity contribution < 1.29 is 14.7 Å². The fourth-order valence-electron chi connectivity index (χ4n) is 2.75. The molecule has 1 aliphatic rings. The van der Waals surface area contributed by atoms with E-state index in [4.69, 9.17) is 5.73 Å². The first kappa shape index (κ1) is 23.0. The first-order valence-corrected chi connectivity index (χ1v) is 11.6. The minimum absolute atomic E-state index is 0.0452. The van der Waals surface area contributed by atoms with Gasteiger partial charge in [-0.15, -0.1) is 0 Å². The van der Waals surface area contributed by atoms with Gasteiger partial charge in [0.1, 0.15) is 6.23 Å². The van der Waals surface area contributed by atoms with Crippen LogP contribution in [0.4, 0.5) is 0 Å². The summed E-state index contributed by atoms with van der Waals surface area (Å²) in [5, 5.41) is 16.0. The van der Waals surface area contributed by atoms with Crippen LogP contribution in [0.1, 0.15) is 19.8 Å². The van der Waals surface area contributed by atoms with Gasteiger partial charge in [-0.05, 0) is 42.7 Å². The third-order valence-corrected chi connectivity index (χ3v) is 7.11. The van der Waals surface area contributed by atoms with Gasteiger partial charge in [-0.3, -0.25) is 14.9 Å². The van der Waals surface area contributed by atoms with Gasteiger partial charge in [0.15, 0.2) is 0 Å². The van der Waals surface area contributed by atoms with Crippen molar-refractivity contribution in [2.45, 2.75) is 26.0 Å². The first-order chi connectivity index (χ1) is 12.0. The predicted molar refractivity (Wildman–Crippen MR) is 110 cm³/mol. The van der Waals surface area contributed by atoms with E-state index in [9.17, 15) is 14.7 Å². The maximum Gasteiger partial charge on any atom is 0.229 e. The standard InChI is InChI=1S/C16H31N3O3S3/c1-11-7-24-9-14(20)18-4-2-3-5-19-15(21)10-25-8-13(11)12(6-23)16(17)22/h11-13,15,19,21,23H,2-10H2,1H3,(H2,17,22)(H,18,20). The van der Waals surface area contributed by atoms with Crippen LogP contribution in [0.15, 0.2) is 0 Å². The topological polar surface area (TPSA) is 104 Å². The molecule has 0 saturated carbocycles. The Balaban J connectivity index is 2.71. The highest BCUT2D eigenvalue weighted by molar-refractivity contribution is 8.00. The van der Waals surface area contributed by atoms with Gasteiger partial charge in [0.25, 0.3) is 0 Å². The maximum atomic E-state index is 11.8. The Morgan fingerprint density at radius 1 is 1.32 bits per heavy atom. The summed E-state index contributed by atoms with van der Waals surface area (Å²) < 4.78 is 0. The van der Waals surface area contributed by atoms with Crippen LogP contribution >= 0.6 is 36.2 Å². The lowest BCUT2D eigenvalue weighted by molar-refractivity contribution is -0.123. The second kappa shape index (κ2) is 13.1. The number of nitrogens with one attached hydrogen (secondary N) is 2. The van der Waals surface area contributed by atoms with Crippen LogP contribution in [-0.2, 0) is 9.59 Å². The normalized spacial score (nSPS) is 29.6. The second-order valence-corrected chi connectivity index (χ2v) is 8.88. The van der Waals surface area contributed by atoms with E-state index in [1.54, 1.807) is 23.5 Å². The van der Waals surface area contributed by atoms with Gasteiger partial charge < -0.3 is 16.2 Å². The molecule has 0 aromatic heterocycles. The summed E-state index contributed by atoms with van der Waals surface area (Å²) in [5.41, 5.74) is 5.56. The van der Waals surface area contributed by atoms with Crippen LogP contribution in [0, 0.1) is 17.8 Å². The number of rotatable bonds is 3. The van der Waals surface area contributed by atoms with Crippen LogP contribution in [0.25, 0.3) is 0 Å². The molecule has 9 heteroatoms. The number of aliphatic hydroxyl groups excluding tert-OH is 1. The number of nitrogens with two attached hydrogens (primary N) is 1. The third-order valence-electron chi connectivity index (χ3n) is 4.32. The summed E-state index contributed by atoms with van der Waals surface area (Å²) >= 11 is 7.52. The van der Waals surface area contributed by atoms with Crippen molar-refractivity contribution in [1.29, 1.82) is 0 Å². The van der Waals surface area contributed by atoms with E-state index in [0.717, 1.165) is 24.3 Å². The lowest BCUT2D eigenvalue weighted by Crippen LogP contribution is -2.38. The van der Waals surface area contributed by atoms with Crippen molar-refractivity contribution in [2.75, 3.05) is 41.9 Å². The average Bonchev–Trinajstić information content (AvgIpc) is 2.56. The van der Waals surface area contributed by atoms with Crippen LogP contribution in [-0.4, -0.2) is 65.0 Å². The molecule has 1 heterocycles. The van der Waals surface area contributed by atoms with Gasteiger partial charge in [0, 0.05) is 18.1 Å². The molecule has 4 atom stereocenters. The lowest BCUT2D eigenvalue weighted by Gasteiger charge is -2.29. The fourth-order valence-corrected chi connectivity index (χ4v) is 5.53. The zero-order chi connectivity index (χ0) is 18.7. The van der Waals surface area contributed by atoms with Crippen molar-refractivity contribution in [3.63, 3.8) is 0 Å². The van der Waals surface area contributed by atoms with Crippen molar-refractivity contribution in [2.24, 2.45) is 23.5 Å². The Hall–Kier alpha value is -0.0900. The molecule has 0 spiro atoms. The summed E-state index contributed by atoms with van der Waals surface area (Å²) in [6.45, 7) is 3.47. The molecule has 146 valence electrons. The summed E-state index contributed by atoms with van der Waals surface area (Å²) in [6, 6.07) is 0. The third kappa shape index (κ3) is 9.42. The first-order valence-electron chi connectivity index (χ1n) is 8.69. The zero-order valence-electron chi connectivity index (χ0n) is 14.8. The minimum Gasteiger partial charge on any atom is -0.378 e. The Labute approximate surface area is 164 Å². The fraction of sp³-hybridized carbons (Fsp3) is 0.875. The molecular weight excluding hydrogens is 378 g/mol. The number of carbonyl (C=O) groups is 2. The molecule has 0 aliphatic carbocycles. The highest BCUT2D eigenvalue weighted by atomic mass is 32.2. The molecule has 25 heavy (non-hydrogen) atoms.